The van der Waals surface area contributed by atoms with Crippen LogP contribution in [0.1, 0.15) is 47.1 Å². The van der Waals surface area contributed by atoms with Crippen LogP contribution >= 0.6 is 35.6 Å². The van der Waals surface area contributed by atoms with Crippen molar-refractivity contribution < 1.29 is 44.6 Å². The summed E-state index contributed by atoms with van der Waals surface area (Å²) in [7, 11) is 0. The average Bonchev–Trinajstić information content (AvgIpc) is 2.75. The molecule has 4 N–H and O–H groups in total. The Labute approximate surface area is 240 Å². The van der Waals surface area contributed by atoms with E-state index in [0.29, 0.717) is 11.1 Å². The van der Waals surface area contributed by atoms with Crippen molar-refractivity contribution >= 4 is 46.1 Å². The Bertz CT molecular complexity index is 998. The van der Waals surface area contributed by atoms with Crippen molar-refractivity contribution in [3.8, 4) is 11.1 Å². The number of halogens is 3. The number of rotatable bonds is 3. The second-order valence-corrected chi connectivity index (χ2v) is 8.35. The minimum Gasteiger partial charge on any atom is -0.870 e. The standard InChI is InChI=1S/C14H11ClO.C7H5ClO.C4H12N2.ClH.Na.H2O/c1-10-6-2-3-7-11(10)12-8-4-5-9-13(12)14(15)16;8-7(9)6-4-2-1-3-5-6;1-4(2,3)6-5;;;/h2-9H,1H3;1-5H;6H,5H2,1-3H3;1H;;1H2/q;;;;+1;/p-1. The molecule has 0 heterocycles. The van der Waals surface area contributed by atoms with Crippen LogP contribution < -0.4 is 40.8 Å². The molecule has 0 unspecified atom stereocenters. The molecule has 180 valence electrons. The van der Waals surface area contributed by atoms with Gasteiger partial charge >= 0.3 is 29.6 Å². The summed E-state index contributed by atoms with van der Waals surface area (Å²) in [6.45, 7) is 8.04. The van der Waals surface area contributed by atoms with Crippen molar-refractivity contribution in [2.75, 3.05) is 0 Å². The van der Waals surface area contributed by atoms with Gasteiger partial charge in [0.25, 0.3) is 10.5 Å². The molecule has 0 spiro atoms. The molecule has 0 amide bonds. The molecule has 0 bridgehead atoms. The van der Waals surface area contributed by atoms with E-state index in [1.165, 1.54) is 0 Å². The van der Waals surface area contributed by atoms with Crippen LogP contribution in [0.3, 0.4) is 0 Å². The molecule has 0 atom stereocenters. The molecule has 34 heavy (non-hydrogen) atoms. The molecule has 3 aromatic carbocycles. The van der Waals surface area contributed by atoms with Crippen LogP contribution in [-0.2, 0) is 0 Å². The second-order valence-electron chi connectivity index (χ2n) is 7.67. The number of hydrazine groups is 1. The number of carbonyl (C=O) groups excluding carboxylic acids is 2. The maximum absolute atomic E-state index is 11.3. The molecule has 0 aromatic heterocycles. The van der Waals surface area contributed by atoms with Gasteiger partial charge in [0.2, 0.25) is 0 Å². The first-order valence-corrected chi connectivity index (χ1v) is 10.4. The maximum Gasteiger partial charge on any atom is 1.00 e. The van der Waals surface area contributed by atoms with E-state index < -0.39 is 10.5 Å². The van der Waals surface area contributed by atoms with E-state index in [2.05, 4.69) is 5.43 Å². The fraction of sp³-hybridized carbons (Fsp3) is 0.200. The minimum atomic E-state index is -0.418. The summed E-state index contributed by atoms with van der Waals surface area (Å²) in [6.07, 6.45) is 0. The first-order valence-electron chi connectivity index (χ1n) is 9.64. The monoisotopic (exact) mass is 534 g/mol. The van der Waals surface area contributed by atoms with Crippen LogP contribution in [0.25, 0.3) is 11.1 Å². The number of benzene rings is 3. The van der Waals surface area contributed by atoms with Gasteiger partial charge in [-0.05, 0) is 73.7 Å². The quantitative estimate of drug-likeness (QED) is 0.231. The Balaban J connectivity index is -0.000000460. The molecule has 5 nitrogen and oxygen atoms in total. The van der Waals surface area contributed by atoms with Crippen molar-refractivity contribution in [1.29, 1.82) is 0 Å². The van der Waals surface area contributed by atoms with Gasteiger partial charge in [0.1, 0.15) is 0 Å². The molecule has 0 fully saturated rings. The zero-order valence-electron chi connectivity index (χ0n) is 20.0. The van der Waals surface area contributed by atoms with Crippen LogP contribution in [0, 0.1) is 6.92 Å². The van der Waals surface area contributed by atoms with Gasteiger partial charge in [0, 0.05) is 16.7 Å². The van der Waals surface area contributed by atoms with Crippen LogP contribution in [0.4, 0.5) is 0 Å². The van der Waals surface area contributed by atoms with Gasteiger partial charge in [-0.15, -0.1) is 12.4 Å². The zero-order valence-corrected chi connectivity index (χ0v) is 24.3. The summed E-state index contributed by atoms with van der Waals surface area (Å²) in [5, 5.41) is -0.825. The first kappa shape index (κ1) is 37.3. The molecule has 0 radical (unpaired) electrons. The topological polar surface area (TPSA) is 102 Å². The molecule has 0 aliphatic heterocycles. The number of carbonyl (C=O) groups is 2. The first-order chi connectivity index (χ1) is 14.6. The third-order valence-electron chi connectivity index (χ3n) is 4.01. The van der Waals surface area contributed by atoms with Crippen LogP contribution in [0.15, 0.2) is 78.9 Å². The Morgan fingerprint density at radius 2 is 1.18 bits per heavy atom. The Hall–Kier alpha value is -1.25. The van der Waals surface area contributed by atoms with Crippen LogP contribution in [-0.4, -0.2) is 21.5 Å². The molecule has 0 aliphatic rings. The fourth-order valence-corrected chi connectivity index (χ4v) is 2.62. The van der Waals surface area contributed by atoms with Crippen molar-refractivity contribution in [2.24, 2.45) is 5.84 Å². The van der Waals surface area contributed by atoms with Crippen molar-refractivity contribution in [1.82, 2.24) is 5.43 Å². The van der Waals surface area contributed by atoms with Crippen LogP contribution in [0.5, 0.6) is 0 Å². The number of nitrogens with one attached hydrogen (secondary N) is 1. The van der Waals surface area contributed by atoms with Crippen molar-refractivity contribution in [3.63, 3.8) is 0 Å². The van der Waals surface area contributed by atoms with Gasteiger partial charge < -0.3 is 5.48 Å². The van der Waals surface area contributed by atoms with E-state index in [1.807, 2.05) is 76.2 Å². The van der Waals surface area contributed by atoms with Crippen molar-refractivity contribution in [3.05, 3.63) is 95.6 Å². The molecular weight excluding hydrogens is 506 g/mol. The van der Waals surface area contributed by atoms with E-state index in [9.17, 15) is 9.59 Å². The summed E-state index contributed by atoms with van der Waals surface area (Å²) in [5.41, 5.74) is 6.84. The molecular formula is C25H30Cl3N2NaO3. The van der Waals surface area contributed by atoms with E-state index in [-0.39, 0.29) is 53.0 Å². The molecule has 9 heteroatoms. The maximum atomic E-state index is 11.3. The largest absolute Gasteiger partial charge is 1.00 e. The molecule has 0 aliphatic carbocycles. The summed E-state index contributed by atoms with van der Waals surface area (Å²) in [4.78, 5) is 21.7. The van der Waals surface area contributed by atoms with Gasteiger partial charge in [0.15, 0.2) is 0 Å². The summed E-state index contributed by atoms with van der Waals surface area (Å²) in [6, 6.07) is 24.1. The van der Waals surface area contributed by atoms with Crippen molar-refractivity contribution in [2.45, 2.75) is 33.2 Å². The number of hydrogen-bond acceptors (Lipinski definition) is 5. The third kappa shape index (κ3) is 14.2. The Morgan fingerprint density at radius 1 is 0.765 bits per heavy atom. The summed E-state index contributed by atoms with van der Waals surface area (Å²) >= 11 is 10.7. The van der Waals surface area contributed by atoms with E-state index in [4.69, 9.17) is 29.0 Å². The SMILES string of the molecule is CC(C)(C)NN.Cc1ccccc1-c1ccccc1C(=O)Cl.Cl.O=C(Cl)c1ccccc1.[Na+].[OH-]. The van der Waals surface area contributed by atoms with Gasteiger partial charge in [0.05, 0.1) is 0 Å². The molecule has 3 aromatic rings. The van der Waals surface area contributed by atoms with E-state index in [0.717, 1.165) is 16.7 Å². The normalized spacial score (nSPS) is 9.26. The van der Waals surface area contributed by atoms with Gasteiger partial charge in [-0.1, -0.05) is 72.8 Å². The van der Waals surface area contributed by atoms with Crippen LogP contribution in [0.2, 0.25) is 0 Å². The van der Waals surface area contributed by atoms with Gasteiger partial charge in [-0.25, -0.2) is 0 Å². The molecule has 0 saturated heterocycles. The van der Waals surface area contributed by atoms with E-state index in [1.54, 1.807) is 30.3 Å². The number of aryl methyl sites for hydroxylation is 1. The zero-order chi connectivity index (χ0) is 23.4. The summed E-state index contributed by atoms with van der Waals surface area (Å²) < 4.78 is 0. The number of hydrogen-bond donors (Lipinski definition) is 2. The second kappa shape index (κ2) is 19.0. The predicted octanol–water partition coefficient (Wildman–Crippen LogP) is 3.60. The predicted molar refractivity (Wildman–Crippen MR) is 140 cm³/mol. The smallest absolute Gasteiger partial charge is 0.870 e. The Morgan fingerprint density at radius 3 is 1.56 bits per heavy atom. The molecule has 0 saturated carbocycles. The fourth-order valence-electron chi connectivity index (χ4n) is 2.33. The average molecular weight is 536 g/mol. The summed E-state index contributed by atoms with van der Waals surface area (Å²) in [5.74, 6) is 5.06. The minimum absolute atomic E-state index is 0. The van der Waals surface area contributed by atoms with Gasteiger partial charge in [-0.2, -0.15) is 0 Å². The van der Waals surface area contributed by atoms with Gasteiger partial charge in [-0.3, -0.25) is 20.9 Å². The Kier molecular flexibility index (Phi) is 20.8. The third-order valence-corrected chi connectivity index (χ3v) is 4.43. The molecule has 3 rings (SSSR count). The number of nitrogens with two attached hydrogens (primary N) is 1. The van der Waals surface area contributed by atoms with E-state index >= 15 is 0 Å².